The van der Waals surface area contributed by atoms with E-state index in [1.54, 1.807) is 12.1 Å². The molecule has 1 heterocycles. The van der Waals surface area contributed by atoms with Gasteiger partial charge in [-0.15, -0.1) is 0 Å². The second-order valence-corrected chi connectivity index (χ2v) is 6.36. The van der Waals surface area contributed by atoms with Crippen molar-refractivity contribution in [1.29, 1.82) is 0 Å². The Morgan fingerprint density at radius 1 is 1.20 bits per heavy atom. The number of hydrogen-bond donors (Lipinski definition) is 2. The van der Waals surface area contributed by atoms with Crippen LogP contribution in [0.4, 0.5) is 10.6 Å². The second-order valence-electron chi connectivity index (χ2n) is 5.92. The van der Waals surface area contributed by atoms with Gasteiger partial charge in [0.15, 0.2) is 0 Å². The average Bonchev–Trinajstić information content (AvgIpc) is 3.26. The Bertz CT molecular complexity index is 473. The van der Waals surface area contributed by atoms with Crippen LogP contribution in [-0.2, 0) is 0 Å². The van der Waals surface area contributed by atoms with Crippen molar-refractivity contribution in [3.63, 3.8) is 0 Å². The maximum atomic E-state index is 12.0. The zero-order valence-corrected chi connectivity index (χ0v) is 12.2. The van der Waals surface area contributed by atoms with Gasteiger partial charge >= 0.3 is 6.03 Å². The molecule has 2 amide bonds. The molecule has 0 unspecified atom stereocenters. The third-order valence-corrected chi connectivity index (χ3v) is 4.53. The van der Waals surface area contributed by atoms with Crippen LogP contribution in [0.1, 0.15) is 38.5 Å². The van der Waals surface area contributed by atoms with Crippen LogP contribution in [-0.4, -0.2) is 17.1 Å². The molecule has 0 bridgehead atoms. The molecule has 2 aliphatic rings. The molecule has 2 aliphatic carbocycles. The van der Waals surface area contributed by atoms with E-state index in [0.717, 1.165) is 24.7 Å². The van der Waals surface area contributed by atoms with Gasteiger partial charge in [0.1, 0.15) is 5.82 Å². The first-order valence-electron chi connectivity index (χ1n) is 7.40. The minimum Gasteiger partial charge on any atom is -0.335 e. The molecule has 2 N–H and O–H groups in total. The van der Waals surface area contributed by atoms with E-state index in [1.165, 1.54) is 31.9 Å². The topological polar surface area (TPSA) is 54.0 Å². The van der Waals surface area contributed by atoms with E-state index in [-0.39, 0.29) is 6.03 Å². The van der Waals surface area contributed by atoms with Crippen LogP contribution >= 0.6 is 11.6 Å². The molecule has 20 heavy (non-hydrogen) atoms. The number of rotatable bonds is 3. The van der Waals surface area contributed by atoms with Crippen LogP contribution in [0.5, 0.6) is 0 Å². The number of urea groups is 1. The van der Waals surface area contributed by atoms with Crippen molar-refractivity contribution < 1.29 is 4.79 Å². The maximum absolute atomic E-state index is 12.0. The Labute approximate surface area is 124 Å². The number of nitrogens with zero attached hydrogens (tertiary/aromatic N) is 1. The van der Waals surface area contributed by atoms with Crippen LogP contribution in [0.15, 0.2) is 18.3 Å². The summed E-state index contributed by atoms with van der Waals surface area (Å²) in [5.41, 5.74) is 0. The van der Waals surface area contributed by atoms with Crippen LogP contribution in [0, 0.1) is 11.8 Å². The van der Waals surface area contributed by atoms with E-state index in [9.17, 15) is 4.79 Å². The Kier molecular flexibility index (Phi) is 4.10. The molecule has 3 rings (SSSR count). The second kappa shape index (κ2) is 6.00. The Morgan fingerprint density at radius 3 is 2.75 bits per heavy atom. The molecule has 2 atom stereocenters. The van der Waals surface area contributed by atoms with Gasteiger partial charge in [0, 0.05) is 12.2 Å². The summed E-state index contributed by atoms with van der Waals surface area (Å²) in [5, 5.41) is 6.39. The number of nitrogens with one attached hydrogen (secondary N) is 2. The summed E-state index contributed by atoms with van der Waals surface area (Å²) >= 11 is 5.76. The van der Waals surface area contributed by atoms with E-state index in [1.807, 2.05) is 0 Å². The number of halogens is 1. The number of hydrogen-bond acceptors (Lipinski definition) is 2. The Morgan fingerprint density at radius 2 is 2.05 bits per heavy atom. The Balaban J connectivity index is 1.49. The third-order valence-electron chi connectivity index (χ3n) is 4.31. The number of carbonyl (C=O) groups is 1. The van der Waals surface area contributed by atoms with Crippen molar-refractivity contribution in [3.8, 4) is 0 Å². The predicted molar refractivity (Wildman–Crippen MR) is 79.9 cm³/mol. The molecule has 1 aromatic heterocycles. The summed E-state index contributed by atoms with van der Waals surface area (Å²) in [5.74, 6) is 2.28. The molecule has 108 valence electrons. The number of pyridine rings is 1. The molecule has 5 heteroatoms. The SMILES string of the molecule is O=C(Nc1ccc(Cl)cn1)N[C@@H]1CCC[C@H](C2CC2)C1. The van der Waals surface area contributed by atoms with E-state index >= 15 is 0 Å². The molecular weight excluding hydrogens is 274 g/mol. The molecular formula is C15H20ClN3O. The molecule has 0 saturated heterocycles. The number of anilines is 1. The lowest BCUT2D eigenvalue weighted by Crippen LogP contribution is -2.41. The fraction of sp³-hybridized carbons (Fsp3) is 0.600. The van der Waals surface area contributed by atoms with Gasteiger partial charge in [0.05, 0.1) is 5.02 Å². The summed E-state index contributed by atoms with van der Waals surface area (Å²) in [6.07, 6.45) is 9.09. The highest BCUT2D eigenvalue weighted by Crippen LogP contribution is 2.43. The molecule has 0 radical (unpaired) electrons. The number of amides is 2. The van der Waals surface area contributed by atoms with Crippen molar-refractivity contribution in [3.05, 3.63) is 23.4 Å². The van der Waals surface area contributed by atoms with E-state index < -0.39 is 0 Å². The lowest BCUT2D eigenvalue weighted by atomic mass is 9.83. The summed E-state index contributed by atoms with van der Waals surface area (Å²) in [4.78, 5) is 16.0. The van der Waals surface area contributed by atoms with E-state index in [0.29, 0.717) is 16.9 Å². The fourth-order valence-corrected chi connectivity index (χ4v) is 3.25. The van der Waals surface area contributed by atoms with Crippen LogP contribution < -0.4 is 10.6 Å². The predicted octanol–water partition coefficient (Wildman–Crippen LogP) is 3.83. The average molecular weight is 294 g/mol. The molecule has 0 aliphatic heterocycles. The minimum absolute atomic E-state index is 0.165. The zero-order chi connectivity index (χ0) is 13.9. The van der Waals surface area contributed by atoms with Crippen molar-refractivity contribution in [2.24, 2.45) is 11.8 Å². The van der Waals surface area contributed by atoms with Crippen molar-refractivity contribution >= 4 is 23.4 Å². The first-order chi connectivity index (χ1) is 9.70. The first kappa shape index (κ1) is 13.7. The van der Waals surface area contributed by atoms with Gasteiger partial charge in [0.2, 0.25) is 0 Å². The summed E-state index contributed by atoms with van der Waals surface area (Å²) in [6.45, 7) is 0. The van der Waals surface area contributed by atoms with E-state index in [2.05, 4.69) is 15.6 Å². The minimum atomic E-state index is -0.165. The first-order valence-corrected chi connectivity index (χ1v) is 7.77. The highest BCUT2D eigenvalue weighted by molar-refractivity contribution is 6.30. The molecule has 0 spiro atoms. The maximum Gasteiger partial charge on any atom is 0.320 e. The van der Waals surface area contributed by atoms with Gasteiger partial charge in [-0.1, -0.05) is 24.4 Å². The summed E-state index contributed by atoms with van der Waals surface area (Å²) in [6, 6.07) is 3.56. The smallest absolute Gasteiger partial charge is 0.320 e. The molecule has 2 fully saturated rings. The van der Waals surface area contributed by atoms with Crippen LogP contribution in [0.2, 0.25) is 5.02 Å². The van der Waals surface area contributed by atoms with Gasteiger partial charge in [0.25, 0.3) is 0 Å². The summed E-state index contributed by atoms with van der Waals surface area (Å²) < 4.78 is 0. The summed E-state index contributed by atoms with van der Waals surface area (Å²) in [7, 11) is 0. The molecule has 4 nitrogen and oxygen atoms in total. The monoisotopic (exact) mass is 293 g/mol. The van der Waals surface area contributed by atoms with Gasteiger partial charge in [-0.05, 0) is 49.7 Å². The fourth-order valence-electron chi connectivity index (χ4n) is 3.14. The van der Waals surface area contributed by atoms with Crippen molar-refractivity contribution in [2.45, 2.75) is 44.6 Å². The largest absolute Gasteiger partial charge is 0.335 e. The lowest BCUT2D eigenvalue weighted by Gasteiger charge is -2.29. The molecule has 1 aromatic rings. The zero-order valence-electron chi connectivity index (χ0n) is 11.4. The van der Waals surface area contributed by atoms with Gasteiger partial charge < -0.3 is 5.32 Å². The van der Waals surface area contributed by atoms with Crippen LogP contribution in [0.3, 0.4) is 0 Å². The number of aromatic nitrogens is 1. The quantitative estimate of drug-likeness (QED) is 0.890. The molecule has 0 aromatic carbocycles. The van der Waals surface area contributed by atoms with Crippen molar-refractivity contribution in [2.75, 3.05) is 5.32 Å². The van der Waals surface area contributed by atoms with Crippen molar-refractivity contribution in [1.82, 2.24) is 10.3 Å². The molecule has 2 saturated carbocycles. The van der Waals surface area contributed by atoms with E-state index in [4.69, 9.17) is 11.6 Å². The highest BCUT2D eigenvalue weighted by atomic mass is 35.5. The Hall–Kier alpha value is -1.29. The van der Waals surface area contributed by atoms with Gasteiger partial charge in [-0.25, -0.2) is 9.78 Å². The standard InChI is InChI=1S/C15H20ClN3O/c16-12-6-7-14(17-9-12)19-15(20)18-13-3-1-2-11(8-13)10-4-5-10/h6-7,9-11,13H,1-5,8H2,(H2,17,18,19,20)/t11-,13+/m0/s1. The van der Waals surface area contributed by atoms with Crippen LogP contribution in [0.25, 0.3) is 0 Å². The van der Waals surface area contributed by atoms with Gasteiger partial charge in [-0.2, -0.15) is 0 Å². The van der Waals surface area contributed by atoms with Gasteiger partial charge in [-0.3, -0.25) is 5.32 Å². The lowest BCUT2D eigenvalue weighted by molar-refractivity contribution is 0.230. The number of carbonyl (C=O) groups excluding carboxylic acids is 1. The normalized spacial score (nSPS) is 26.1. The third kappa shape index (κ3) is 3.63. The highest BCUT2D eigenvalue weighted by Gasteiger charge is 2.34.